The molecule has 1 aromatic rings. The highest BCUT2D eigenvalue weighted by Gasteiger charge is 2.18. The van der Waals surface area contributed by atoms with Crippen LogP contribution in [0.25, 0.3) is 0 Å². The van der Waals surface area contributed by atoms with Gasteiger partial charge in [-0.25, -0.2) is 13.1 Å². The number of ether oxygens (including phenoxy) is 1. The van der Waals surface area contributed by atoms with E-state index in [2.05, 4.69) is 20.7 Å². The smallest absolute Gasteiger partial charge is 0.251 e. The van der Waals surface area contributed by atoms with Crippen molar-refractivity contribution in [2.24, 2.45) is 0 Å². The summed E-state index contributed by atoms with van der Waals surface area (Å²) < 4.78 is 32.4. The predicted octanol–water partition coefficient (Wildman–Crippen LogP) is 1.37. The van der Waals surface area contributed by atoms with E-state index in [-0.39, 0.29) is 6.54 Å². The molecular weight excluding hydrogens is 340 g/mol. The molecule has 0 fully saturated rings. The van der Waals surface area contributed by atoms with Crippen molar-refractivity contribution in [1.82, 2.24) is 9.62 Å². The van der Waals surface area contributed by atoms with E-state index in [4.69, 9.17) is 4.74 Å². The first-order valence-electron chi connectivity index (χ1n) is 5.38. The van der Waals surface area contributed by atoms with Gasteiger partial charge >= 0.3 is 0 Å². The monoisotopic (exact) mass is 356 g/mol. The molecule has 1 rings (SSSR count). The molecule has 104 valence electrons. The molecule has 1 heterocycles. The van der Waals surface area contributed by atoms with Crippen molar-refractivity contribution in [2.45, 2.75) is 4.21 Å². The second-order valence-corrected chi connectivity index (χ2v) is 7.60. The van der Waals surface area contributed by atoms with Gasteiger partial charge < -0.3 is 9.64 Å². The Morgan fingerprint density at radius 2 is 2.17 bits per heavy atom. The first-order valence-corrected chi connectivity index (χ1v) is 8.54. The minimum Gasteiger partial charge on any atom is -0.379 e. The van der Waals surface area contributed by atoms with E-state index in [0.717, 1.165) is 6.54 Å². The third-order valence-corrected chi connectivity index (χ3v) is 6.18. The topological polar surface area (TPSA) is 58.6 Å². The molecule has 0 spiro atoms. The first-order chi connectivity index (χ1) is 8.43. The molecular formula is C10H17BrN2O3S2. The number of nitrogens with one attached hydrogen (secondary N) is 1. The van der Waals surface area contributed by atoms with Gasteiger partial charge in [-0.15, -0.1) is 11.3 Å². The molecule has 0 aromatic carbocycles. The van der Waals surface area contributed by atoms with Crippen molar-refractivity contribution < 1.29 is 13.2 Å². The highest BCUT2D eigenvalue weighted by molar-refractivity contribution is 9.10. The zero-order chi connectivity index (χ0) is 13.6. The Labute approximate surface area is 120 Å². The van der Waals surface area contributed by atoms with E-state index in [1.165, 1.54) is 11.3 Å². The highest BCUT2D eigenvalue weighted by Crippen LogP contribution is 2.27. The van der Waals surface area contributed by atoms with Crippen molar-refractivity contribution in [3.63, 3.8) is 0 Å². The number of thiophene rings is 1. The van der Waals surface area contributed by atoms with Gasteiger partial charge in [0.25, 0.3) is 10.0 Å². The van der Waals surface area contributed by atoms with Gasteiger partial charge in [0.2, 0.25) is 0 Å². The largest absolute Gasteiger partial charge is 0.379 e. The average molecular weight is 357 g/mol. The molecule has 0 radical (unpaired) electrons. The van der Waals surface area contributed by atoms with Crippen LogP contribution in [0.2, 0.25) is 0 Å². The summed E-state index contributed by atoms with van der Waals surface area (Å²) in [6.45, 7) is 2.07. The number of nitrogens with zero attached hydrogens (tertiary/aromatic N) is 1. The molecule has 0 unspecified atom stereocenters. The minimum absolute atomic E-state index is 0.278. The summed E-state index contributed by atoms with van der Waals surface area (Å²) in [4.78, 5) is 2.01. The molecule has 0 aliphatic carbocycles. The fourth-order valence-corrected chi connectivity index (χ4v) is 4.53. The van der Waals surface area contributed by atoms with Crippen molar-refractivity contribution in [3.05, 3.63) is 15.9 Å². The molecule has 0 saturated heterocycles. The van der Waals surface area contributed by atoms with Crippen molar-refractivity contribution in [2.75, 3.05) is 40.4 Å². The summed E-state index contributed by atoms with van der Waals surface area (Å²) in [5, 5.41) is 1.73. The third-order valence-electron chi connectivity index (χ3n) is 2.05. The van der Waals surface area contributed by atoms with Crippen molar-refractivity contribution >= 4 is 37.3 Å². The molecule has 1 N–H and O–H groups in total. The van der Waals surface area contributed by atoms with Gasteiger partial charge in [-0.05, 0) is 41.5 Å². The van der Waals surface area contributed by atoms with Gasteiger partial charge in [-0.2, -0.15) is 0 Å². The van der Waals surface area contributed by atoms with Crippen LogP contribution in [0, 0.1) is 0 Å². The SMILES string of the molecule is CN(C)CCOCCNS(=O)(=O)c1sccc1Br. The lowest BCUT2D eigenvalue weighted by Crippen LogP contribution is -2.28. The van der Waals surface area contributed by atoms with Crippen LogP contribution in [0.3, 0.4) is 0 Å². The average Bonchev–Trinajstić information content (AvgIpc) is 2.70. The number of hydrogen-bond acceptors (Lipinski definition) is 5. The quantitative estimate of drug-likeness (QED) is 0.714. The lowest BCUT2D eigenvalue weighted by molar-refractivity contribution is 0.122. The summed E-state index contributed by atoms with van der Waals surface area (Å²) >= 11 is 4.39. The Kier molecular flexibility index (Phi) is 6.75. The van der Waals surface area contributed by atoms with Gasteiger partial charge in [0.1, 0.15) is 4.21 Å². The second kappa shape index (κ2) is 7.56. The summed E-state index contributed by atoms with van der Waals surface area (Å²) in [7, 11) is 0.498. The van der Waals surface area contributed by atoms with Crippen LogP contribution in [0.15, 0.2) is 20.1 Å². The van der Waals surface area contributed by atoms with Gasteiger partial charge in [0.05, 0.1) is 13.2 Å². The molecule has 0 amide bonds. The molecule has 0 atom stereocenters. The van der Waals surface area contributed by atoms with E-state index >= 15 is 0 Å². The molecule has 8 heteroatoms. The van der Waals surface area contributed by atoms with Crippen LogP contribution in [0.1, 0.15) is 0 Å². The standard InChI is InChI=1S/C10H17BrN2O3S2/c1-13(2)5-7-16-6-4-12-18(14,15)10-9(11)3-8-17-10/h3,8,12H,4-7H2,1-2H3. The summed E-state index contributed by atoms with van der Waals surface area (Å²) in [5.74, 6) is 0. The zero-order valence-electron chi connectivity index (χ0n) is 10.3. The Bertz CT molecular complexity index is 459. The Hall–Kier alpha value is 0.01000. The van der Waals surface area contributed by atoms with E-state index in [1.807, 2.05) is 19.0 Å². The normalized spacial score (nSPS) is 12.2. The number of rotatable bonds is 8. The number of likely N-dealkylation sites (N-methyl/N-ethyl adjacent to an activating group) is 1. The van der Waals surface area contributed by atoms with E-state index in [9.17, 15) is 8.42 Å². The molecule has 0 saturated carbocycles. The fourth-order valence-electron chi connectivity index (χ4n) is 1.13. The maximum Gasteiger partial charge on any atom is 0.251 e. The molecule has 1 aromatic heterocycles. The molecule has 0 aliphatic heterocycles. The molecule has 18 heavy (non-hydrogen) atoms. The fraction of sp³-hybridized carbons (Fsp3) is 0.600. The van der Waals surface area contributed by atoms with E-state index in [0.29, 0.717) is 21.9 Å². The van der Waals surface area contributed by atoms with Crippen LogP contribution in [-0.4, -0.2) is 53.7 Å². The maximum atomic E-state index is 11.9. The molecule has 0 aliphatic rings. The molecule has 5 nitrogen and oxygen atoms in total. The maximum absolute atomic E-state index is 11.9. The van der Waals surface area contributed by atoms with Crippen LogP contribution < -0.4 is 4.72 Å². The van der Waals surface area contributed by atoms with Gasteiger partial charge in [0.15, 0.2) is 0 Å². The molecule has 0 bridgehead atoms. The van der Waals surface area contributed by atoms with Crippen LogP contribution in [0.5, 0.6) is 0 Å². The number of sulfonamides is 1. The van der Waals surface area contributed by atoms with Crippen molar-refractivity contribution in [1.29, 1.82) is 0 Å². The Balaban J connectivity index is 2.29. The van der Waals surface area contributed by atoms with Crippen LogP contribution >= 0.6 is 27.3 Å². The zero-order valence-corrected chi connectivity index (χ0v) is 13.6. The Morgan fingerprint density at radius 3 is 2.72 bits per heavy atom. The van der Waals surface area contributed by atoms with Crippen molar-refractivity contribution in [3.8, 4) is 0 Å². The third kappa shape index (κ3) is 5.33. The summed E-state index contributed by atoms with van der Waals surface area (Å²) in [5.41, 5.74) is 0. The number of halogens is 1. The Morgan fingerprint density at radius 1 is 1.44 bits per heavy atom. The summed E-state index contributed by atoms with van der Waals surface area (Å²) in [6, 6.07) is 1.72. The highest BCUT2D eigenvalue weighted by atomic mass is 79.9. The lowest BCUT2D eigenvalue weighted by atomic mass is 10.6. The van der Waals surface area contributed by atoms with Crippen LogP contribution in [-0.2, 0) is 14.8 Å². The predicted molar refractivity (Wildman–Crippen MR) is 76.6 cm³/mol. The first kappa shape index (κ1) is 16.1. The minimum atomic E-state index is -3.42. The number of hydrogen-bond donors (Lipinski definition) is 1. The lowest BCUT2D eigenvalue weighted by Gasteiger charge is -2.10. The summed E-state index contributed by atoms with van der Waals surface area (Å²) in [6.07, 6.45) is 0. The van der Waals surface area contributed by atoms with Gasteiger partial charge in [0, 0.05) is 17.6 Å². The van der Waals surface area contributed by atoms with Gasteiger partial charge in [-0.3, -0.25) is 0 Å². The van der Waals surface area contributed by atoms with E-state index in [1.54, 1.807) is 11.4 Å². The van der Waals surface area contributed by atoms with E-state index < -0.39 is 10.0 Å². The second-order valence-electron chi connectivity index (χ2n) is 3.87. The van der Waals surface area contributed by atoms with Gasteiger partial charge in [-0.1, -0.05) is 0 Å². The van der Waals surface area contributed by atoms with Crippen LogP contribution in [0.4, 0.5) is 0 Å².